The van der Waals surface area contributed by atoms with Gasteiger partial charge in [0, 0.05) is 0 Å². The van der Waals surface area contributed by atoms with Gasteiger partial charge in [-0.3, -0.25) is 0 Å². The van der Waals surface area contributed by atoms with Gasteiger partial charge >= 0.3 is 33.7 Å². The summed E-state index contributed by atoms with van der Waals surface area (Å²) in [4.78, 5) is 0. The Morgan fingerprint density at radius 3 is 1.50 bits per heavy atom. The van der Waals surface area contributed by atoms with Crippen LogP contribution in [0.15, 0.2) is 36.4 Å². The van der Waals surface area contributed by atoms with Crippen LogP contribution in [0.3, 0.4) is 0 Å². The second kappa shape index (κ2) is 21.5. The molecule has 0 saturated carbocycles. The molecule has 0 heterocycles. The number of hydrogen-bond acceptors (Lipinski definition) is 0. The monoisotopic (exact) mass is 480 g/mol. The van der Waals surface area contributed by atoms with Crippen molar-refractivity contribution in [1.82, 2.24) is 0 Å². The van der Waals surface area contributed by atoms with Gasteiger partial charge in [0.05, 0.1) is 0 Å². The Morgan fingerprint density at radius 2 is 1.41 bits per heavy atom. The summed E-state index contributed by atoms with van der Waals surface area (Å²) in [5.41, 5.74) is 5.75. The molecule has 1 nitrogen and oxygen atoms in total. The van der Waals surface area contributed by atoms with Crippen LogP contribution in [0, 0.1) is 33.8 Å². The molecule has 0 unspecified atom stereocenters. The summed E-state index contributed by atoms with van der Waals surface area (Å²) in [5.74, 6) is 0. The van der Waals surface area contributed by atoms with E-state index in [-0.39, 0.29) is 24.8 Å². The van der Waals surface area contributed by atoms with Crippen LogP contribution in [0.25, 0.3) is 5.32 Å². The average molecular weight is 481 g/mol. The molecule has 0 spiro atoms. The normalized spacial score (nSPS) is 7.32. The molecule has 2 rings (SSSR count). The molecule has 0 aliphatic rings. The molecule has 0 bridgehead atoms. The van der Waals surface area contributed by atoms with Gasteiger partial charge < -0.3 is 5.32 Å². The molecular weight excluding hydrogens is 453 g/mol. The topological polar surface area (TPSA) is 14.1 Å². The summed E-state index contributed by atoms with van der Waals surface area (Å²) in [6.45, 7) is 8.68. The minimum Gasteiger partial charge on any atom is -0.184 e. The van der Waals surface area contributed by atoms with Gasteiger partial charge in [-0.1, -0.05) is 27.7 Å². The van der Waals surface area contributed by atoms with Crippen molar-refractivity contribution in [3.63, 3.8) is 0 Å². The van der Waals surface area contributed by atoms with E-state index in [0.717, 1.165) is 0 Å². The first-order chi connectivity index (χ1) is 9.54. The van der Waals surface area contributed by atoms with Gasteiger partial charge in [0.15, 0.2) is 0 Å². The molecule has 0 aromatic heterocycles. The molecule has 2 aromatic carbocycles. The van der Waals surface area contributed by atoms with E-state index in [9.17, 15) is 0 Å². The van der Waals surface area contributed by atoms with Gasteiger partial charge in [-0.2, -0.15) is 78.8 Å². The molecule has 126 valence electrons. The summed E-state index contributed by atoms with van der Waals surface area (Å²) in [5, 5.41) is 3.50. The molecule has 22 heavy (non-hydrogen) atoms. The molecule has 0 fully saturated rings. The van der Waals surface area contributed by atoms with Crippen LogP contribution in [-0.4, -0.2) is 26.2 Å². The van der Waals surface area contributed by atoms with Crippen molar-refractivity contribution in [2.45, 2.75) is 27.7 Å². The van der Waals surface area contributed by atoms with E-state index in [1.807, 2.05) is 30.3 Å². The zero-order valence-electron chi connectivity index (χ0n) is 14.4. The Labute approximate surface area is 169 Å². The standard InChI is InChI=1S/C9H13.C6H5.C2H6N.2ClH.GeH2.Zr/c1-6-5-7(2)9(4)8(6)3;1-2-4-6-5-3-1;1-3-2;;;;/h5H,1-4H3;1-5H;1-2H3;2*1H;1H2;/q3*-1;;;;. The smallest absolute Gasteiger partial charge is 0.171 e. The third kappa shape index (κ3) is 15.4. The molecule has 5 heteroatoms. The van der Waals surface area contributed by atoms with E-state index in [0.29, 0.717) is 0 Å². The predicted octanol–water partition coefficient (Wildman–Crippen LogP) is 4.67. The Bertz CT molecular complexity index is 398. The average Bonchev–Trinajstić information content (AvgIpc) is 2.71. The number of halogens is 2. The van der Waals surface area contributed by atoms with Crippen molar-refractivity contribution in [3.05, 3.63) is 70.0 Å². The maximum Gasteiger partial charge on any atom is -0.171 e. The van der Waals surface area contributed by atoms with Gasteiger partial charge in [0.1, 0.15) is 0 Å². The first kappa shape index (κ1) is 30.4. The van der Waals surface area contributed by atoms with E-state index < -0.39 is 0 Å². The third-order valence-corrected chi connectivity index (χ3v) is 2.79. The van der Waals surface area contributed by atoms with Crippen LogP contribution < -0.4 is 0 Å². The van der Waals surface area contributed by atoms with E-state index in [1.54, 1.807) is 35.7 Å². The van der Waals surface area contributed by atoms with Gasteiger partial charge in [-0.25, -0.2) is 0 Å². The van der Waals surface area contributed by atoms with Crippen LogP contribution in [-0.2, 0) is 21.6 Å². The van der Waals surface area contributed by atoms with Gasteiger partial charge in [-0.15, -0.1) is 24.8 Å². The largest absolute Gasteiger partial charge is 0.184 e. The quantitative estimate of drug-likeness (QED) is 0.384. The van der Waals surface area contributed by atoms with Crippen molar-refractivity contribution >= 4 is 37.0 Å². The van der Waals surface area contributed by atoms with Gasteiger partial charge in [0.25, 0.3) is 0 Å². The minimum absolute atomic E-state index is 0. The second-order valence-electron chi connectivity index (χ2n) is 4.28. The zero-order valence-corrected chi connectivity index (χ0v) is 21.5. The summed E-state index contributed by atoms with van der Waals surface area (Å²) in [7, 11) is 3.50. The second-order valence-corrected chi connectivity index (χ2v) is 4.28. The van der Waals surface area contributed by atoms with Gasteiger partial charge in [0.2, 0.25) is 0 Å². The molecule has 0 N–H and O–H groups in total. The molecule has 0 radical (unpaired) electrons. The van der Waals surface area contributed by atoms with Crippen molar-refractivity contribution in [1.29, 1.82) is 0 Å². The molecule has 0 amide bonds. The van der Waals surface area contributed by atoms with Crippen LogP contribution in [0.5, 0.6) is 0 Å². The van der Waals surface area contributed by atoms with E-state index in [2.05, 4.69) is 45.1 Å². The fourth-order valence-corrected chi connectivity index (χ4v) is 1.47. The Kier molecular flexibility index (Phi) is 29.8. The molecule has 0 saturated heterocycles. The summed E-state index contributed by atoms with van der Waals surface area (Å²) in [6, 6.07) is 14.7. The maximum atomic E-state index is 3.50. The predicted molar refractivity (Wildman–Crippen MR) is 105 cm³/mol. The summed E-state index contributed by atoms with van der Waals surface area (Å²) < 4.78 is 0. The van der Waals surface area contributed by atoms with Crippen LogP contribution in [0.1, 0.15) is 22.3 Å². The van der Waals surface area contributed by atoms with E-state index >= 15 is 0 Å². The molecule has 0 aliphatic carbocycles. The Balaban J connectivity index is -0.000000110. The summed E-state index contributed by atoms with van der Waals surface area (Å²) in [6.07, 6.45) is 0. The van der Waals surface area contributed by atoms with Crippen LogP contribution in [0.4, 0.5) is 0 Å². The fraction of sp³-hybridized carbons (Fsp3) is 0.353. The number of benzene rings is 1. The number of rotatable bonds is 0. The zero-order chi connectivity index (χ0) is 16.0. The molecular formula is C17H28Cl2GeNZr-3. The molecule has 0 atom stereocenters. The minimum atomic E-state index is 0. The molecule has 0 aliphatic heterocycles. The number of hydrogen-bond donors (Lipinski definition) is 0. The van der Waals surface area contributed by atoms with E-state index in [4.69, 9.17) is 0 Å². The number of nitrogens with zero attached hydrogens (tertiary/aromatic N) is 1. The van der Waals surface area contributed by atoms with Crippen LogP contribution >= 0.6 is 24.8 Å². The molecule has 2 aromatic rings. The van der Waals surface area contributed by atoms with Gasteiger partial charge in [-0.05, 0) is 0 Å². The SMILES string of the molecule is C[N-]C.Cc1c[c-](C)c(C)c1C.Cl.Cl.[GeH2]=[Zr].[c-]1ccccc1. The first-order valence-electron chi connectivity index (χ1n) is 6.49. The van der Waals surface area contributed by atoms with E-state index in [1.165, 1.54) is 34.4 Å². The van der Waals surface area contributed by atoms with Crippen LogP contribution in [0.2, 0.25) is 0 Å². The first-order valence-corrected chi connectivity index (χ1v) is 17.0. The fourth-order valence-electron chi connectivity index (χ4n) is 1.47. The summed E-state index contributed by atoms with van der Waals surface area (Å²) >= 11 is 3.14. The van der Waals surface area contributed by atoms with Crippen molar-refractivity contribution in [3.8, 4) is 0 Å². The number of aryl methyl sites for hydroxylation is 2. The maximum absolute atomic E-state index is 3.50. The third-order valence-electron chi connectivity index (χ3n) is 2.79. The van der Waals surface area contributed by atoms with Crippen molar-refractivity contribution in [2.75, 3.05) is 14.1 Å². The Hall–Kier alpha value is 0.536. The van der Waals surface area contributed by atoms with Crippen molar-refractivity contribution < 1.29 is 21.6 Å². The Morgan fingerprint density at radius 1 is 1.00 bits per heavy atom. The van der Waals surface area contributed by atoms with Crippen molar-refractivity contribution in [2.24, 2.45) is 0 Å².